The van der Waals surface area contributed by atoms with E-state index in [2.05, 4.69) is 15.4 Å². The summed E-state index contributed by atoms with van der Waals surface area (Å²) >= 11 is 5.87. The largest absolute Gasteiger partial charge is 0.462 e. The number of nitrogens with zero attached hydrogens (tertiary/aromatic N) is 3. The fraction of sp³-hybridized carbons (Fsp3) is 0.538. The first-order valence-electron chi connectivity index (χ1n) is 13.6. The van der Waals surface area contributed by atoms with Crippen molar-refractivity contribution in [2.75, 3.05) is 32.1 Å². The number of halogens is 3. The molecule has 1 amide bonds. The van der Waals surface area contributed by atoms with E-state index in [1.54, 1.807) is 20.9 Å². The van der Waals surface area contributed by atoms with Crippen molar-refractivity contribution >= 4 is 37.0 Å². The Balaban J connectivity index is 1.46. The smallest absolute Gasteiger partial charge is 0.459 e. The van der Waals surface area contributed by atoms with Crippen molar-refractivity contribution in [3.05, 3.63) is 52.0 Å². The molecular formula is C26H33ClF2N5O9P. The van der Waals surface area contributed by atoms with E-state index in [0.717, 1.165) is 25.2 Å². The van der Waals surface area contributed by atoms with Gasteiger partial charge in [-0.15, -0.1) is 0 Å². The molecule has 14 nitrogen and oxygen atoms in total. The van der Waals surface area contributed by atoms with Crippen molar-refractivity contribution < 1.29 is 46.6 Å². The second kappa shape index (κ2) is 14.0. The number of aromatic nitrogens is 2. The Labute approximate surface area is 256 Å². The minimum atomic E-state index is -4.46. The van der Waals surface area contributed by atoms with Crippen LogP contribution in [0.25, 0.3) is 0 Å². The third kappa shape index (κ3) is 8.18. The first-order chi connectivity index (χ1) is 20.7. The number of aliphatic hydroxyl groups is 1. The summed E-state index contributed by atoms with van der Waals surface area (Å²) in [5.41, 5.74) is -1.18. The van der Waals surface area contributed by atoms with Gasteiger partial charge in [-0.05, 0) is 70.6 Å². The summed E-state index contributed by atoms with van der Waals surface area (Å²) < 4.78 is 65.3. The fourth-order valence-electron chi connectivity index (χ4n) is 4.59. The highest BCUT2D eigenvalue weighted by Crippen LogP contribution is 2.47. The van der Waals surface area contributed by atoms with E-state index in [1.807, 2.05) is 4.90 Å². The number of likely N-dealkylation sites (tertiary alicyclic amines) is 1. The number of carbonyl (C=O) groups is 2. The molecule has 4 rings (SSSR count). The number of ether oxygens (including phenoxy) is 2. The van der Waals surface area contributed by atoms with Crippen LogP contribution in [0.3, 0.4) is 0 Å². The molecule has 0 saturated carbocycles. The van der Waals surface area contributed by atoms with Crippen LogP contribution in [0.15, 0.2) is 41.3 Å². The fourth-order valence-corrected chi connectivity index (χ4v) is 5.99. The third-order valence-corrected chi connectivity index (χ3v) is 8.51. The number of esters is 1. The highest BCUT2D eigenvalue weighted by atomic mass is 35.5. The van der Waals surface area contributed by atoms with Crippen LogP contribution < -0.4 is 20.6 Å². The van der Waals surface area contributed by atoms with Gasteiger partial charge in [-0.3, -0.25) is 23.6 Å². The molecule has 18 heteroatoms. The van der Waals surface area contributed by atoms with Gasteiger partial charge >= 0.3 is 25.3 Å². The molecule has 242 valence electrons. The second-order valence-electron chi connectivity index (χ2n) is 10.5. The zero-order valence-electron chi connectivity index (χ0n) is 24.0. The van der Waals surface area contributed by atoms with Crippen molar-refractivity contribution in [3.8, 4) is 5.75 Å². The molecule has 3 N–H and O–H groups in total. The molecule has 2 aliphatic rings. The van der Waals surface area contributed by atoms with Gasteiger partial charge in [0.2, 0.25) is 12.1 Å². The standard InChI is InChI=1S/C26H33ClF2N5O9P/c1-15(2)41-21(35)13-30-44(39,43-17-8-6-16(27)7-9-17)40-14-19-22(36)26(28,29)24(42-19)34-12-10-20(32-25(34)38)31-23(37)18-5-4-11-33(18)3/h6-10,12,15,18-19,22,24,36H,4-5,11,13-14H2,1-3H3,(H,30,39)(H,31,32,37,38)/t18-,19?,22+,24?,44?/m0/s1. The molecule has 2 fully saturated rings. The van der Waals surface area contributed by atoms with Gasteiger partial charge in [0.1, 0.15) is 24.2 Å². The number of likely N-dealkylation sites (N-methyl/N-ethyl adjacent to an activating group) is 1. The van der Waals surface area contributed by atoms with Crippen LogP contribution in [0, 0.1) is 0 Å². The van der Waals surface area contributed by atoms with Crippen LogP contribution in [0.1, 0.15) is 32.9 Å². The minimum Gasteiger partial charge on any atom is -0.462 e. The van der Waals surface area contributed by atoms with Gasteiger partial charge in [-0.25, -0.2) is 14.4 Å². The first-order valence-corrected chi connectivity index (χ1v) is 15.6. The Bertz CT molecular complexity index is 1450. The molecule has 3 unspecified atom stereocenters. The highest BCUT2D eigenvalue weighted by Gasteiger charge is 2.60. The number of benzene rings is 1. The summed E-state index contributed by atoms with van der Waals surface area (Å²) in [5, 5.41) is 15.6. The number of amides is 1. The molecule has 0 radical (unpaired) electrons. The lowest BCUT2D eigenvalue weighted by Crippen LogP contribution is -2.42. The molecule has 1 aromatic heterocycles. The van der Waals surface area contributed by atoms with Gasteiger partial charge < -0.3 is 24.4 Å². The van der Waals surface area contributed by atoms with Crippen LogP contribution in [0.2, 0.25) is 5.02 Å². The van der Waals surface area contributed by atoms with Gasteiger partial charge in [0.25, 0.3) is 0 Å². The summed E-state index contributed by atoms with van der Waals surface area (Å²) in [7, 11) is -2.68. The molecule has 0 spiro atoms. The van der Waals surface area contributed by atoms with Gasteiger partial charge in [0, 0.05) is 11.2 Å². The lowest BCUT2D eigenvalue weighted by Gasteiger charge is -2.22. The molecule has 2 aliphatic heterocycles. The van der Waals surface area contributed by atoms with E-state index in [9.17, 15) is 24.1 Å². The van der Waals surface area contributed by atoms with Crippen LogP contribution in [0.5, 0.6) is 5.75 Å². The molecule has 0 bridgehead atoms. The summed E-state index contributed by atoms with van der Waals surface area (Å²) in [6.45, 7) is 2.41. The Hall–Kier alpha value is -2.98. The predicted molar refractivity (Wildman–Crippen MR) is 153 cm³/mol. The lowest BCUT2D eigenvalue weighted by molar-refractivity contribution is -0.146. The molecule has 5 atom stereocenters. The Morgan fingerprint density at radius 3 is 2.59 bits per heavy atom. The SMILES string of the molecule is CC(C)OC(=O)CNP(=O)(OCC1OC(n2ccc(NC(=O)[C@@H]3CCCN3C)nc2=O)C(F)(F)[C@@H]1O)Oc1ccc(Cl)cc1. The lowest BCUT2D eigenvalue weighted by atomic mass is 10.1. The maximum Gasteiger partial charge on any atom is 0.459 e. The van der Waals surface area contributed by atoms with Crippen LogP contribution in [0.4, 0.5) is 14.6 Å². The molecule has 2 saturated heterocycles. The molecule has 1 aromatic carbocycles. The minimum absolute atomic E-state index is 0.00272. The summed E-state index contributed by atoms with van der Waals surface area (Å²) in [4.78, 5) is 42.8. The second-order valence-corrected chi connectivity index (χ2v) is 12.7. The van der Waals surface area contributed by atoms with Crippen molar-refractivity contribution in [3.63, 3.8) is 0 Å². The number of hydrogen-bond donors (Lipinski definition) is 3. The van der Waals surface area contributed by atoms with Gasteiger partial charge in [-0.1, -0.05) is 11.6 Å². The third-order valence-electron chi connectivity index (χ3n) is 6.77. The normalized spacial score (nSPS) is 24.6. The topological polar surface area (TPSA) is 171 Å². The van der Waals surface area contributed by atoms with E-state index in [-0.39, 0.29) is 17.5 Å². The number of aliphatic hydroxyl groups excluding tert-OH is 1. The Morgan fingerprint density at radius 1 is 1.27 bits per heavy atom. The average molecular weight is 664 g/mol. The number of carbonyl (C=O) groups excluding carboxylic acids is 2. The Kier molecular flexibility index (Phi) is 10.8. The zero-order chi connectivity index (χ0) is 32.2. The van der Waals surface area contributed by atoms with E-state index in [0.29, 0.717) is 16.0 Å². The first kappa shape index (κ1) is 33.9. The maximum absolute atomic E-state index is 15.2. The number of hydrogen-bond acceptors (Lipinski definition) is 11. The summed E-state index contributed by atoms with van der Waals surface area (Å²) in [6, 6.07) is 6.31. The number of nitrogens with one attached hydrogen (secondary N) is 2. The van der Waals surface area contributed by atoms with Crippen molar-refractivity contribution in [1.82, 2.24) is 19.5 Å². The average Bonchev–Trinajstić information content (AvgIpc) is 3.48. The van der Waals surface area contributed by atoms with Crippen molar-refractivity contribution in [2.45, 2.75) is 63.2 Å². The quantitative estimate of drug-likeness (QED) is 0.224. The molecule has 3 heterocycles. The van der Waals surface area contributed by atoms with Gasteiger partial charge in [0.05, 0.1) is 18.8 Å². The van der Waals surface area contributed by atoms with E-state index >= 15 is 8.78 Å². The van der Waals surface area contributed by atoms with Crippen LogP contribution in [-0.4, -0.2) is 88.5 Å². The van der Waals surface area contributed by atoms with Gasteiger partial charge in [0.15, 0.2) is 6.10 Å². The molecule has 2 aromatic rings. The number of alkyl halides is 2. The molecule has 44 heavy (non-hydrogen) atoms. The summed E-state index contributed by atoms with van der Waals surface area (Å²) in [6.07, 6.45) is -4.69. The van der Waals surface area contributed by atoms with Crippen LogP contribution in [-0.2, 0) is 28.2 Å². The van der Waals surface area contributed by atoms with Crippen molar-refractivity contribution in [1.29, 1.82) is 0 Å². The van der Waals surface area contributed by atoms with Crippen molar-refractivity contribution in [2.24, 2.45) is 0 Å². The summed E-state index contributed by atoms with van der Waals surface area (Å²) in [5.74, 6) is -5.34. The van der Waals surface area contributed by atoms with E-state index in [4.69, 9.17) is 30.1 Å². The Morgan fingerprint density at radius 2 is 1.98 bits per heavy atom. The number of rotatable bonds is 12. The number of anilines is 1. The highest BCUT2D eigenvalue weighted by molar-refractivity contribution is 7.52. The predicted octanol–water partition coefficient (Wildman–Crippen LogP) is 2.57. The van der Waals surface area contributed by atoms with Crippen LogP contribution >= 0.6 is 19.3 Å². The van der Waals surface area contributed by atoms with E-state index in [1.165, 1.54) is 24.3 Å². The van der Waals surface area contributed by atoms with E-state index < -0.39 is 69.1 Å². The molecule has 0 aliphatic carbocycles. The zero-order valence-corrected chi connectivity index (χ0v) is 25.7. The van der Waals surface area contributed by atoms with Gasteiger partial charge in [-0.2, -0.15) is 13.8 Å². The molecular weight excluding hydrogens is 631 g/mol. The maximum atomic E-state index is 15.2. The monoisotopic (exact) mass is 663 g/mol.